The molecule has 2 fully saturated rings. The summed E-state index contributed by atoms with van der Waals surface area (Å²) in [5.74, 6) is 0.0341. The van der Waals surface area contributed by atoms with Crippen LogP contribution in [0.15, 0.2) is 97.1 Å². The van der Waals surface area contributed by atoms with E-state index in [0.717, 1.165) is 28.0 Å². The second-order valence-corrected chi connectivity index (χ2v) is 21.8. The van der Waals surface area contributed by atoms with Crippen molar-refractivity contribution < 1.29 is 33.3 Å². The van der Waals surface area contributed by atoms with E-state index < -0.39 is 55.6 Å². The van der Waals surface area contributed by atoms with Gasteiger partial charge in [0.05, 0.1) is 56.8 Å². The molecular formula is C44H60O7Si. The van der Waals surface area contributed by atoms with Gasteiger partial charge in [-0.1, -0.05) is 120 Å². The van der Waals surface area contributed by atoms with Crippen molar-refractivity contribution in [2.45, 2.75) is 123 Å². The Balaban J connectivity index is 1.70. The van der Waals surface area contributed by atoms with Gasteiger partial charge in [0.25, 0.3) is 0 Å². The summed E-state index contributed by atoms with van der Waals surface area (Å²) >= 11 is 0. The van der Waals surface area contributed by atoms with E-state index in [1.807, 2.05) is 91.9 Å². The quantitative estimate of drug-likeness (QED) is 0.147. The van der Waals surface area contributed by atoms with Crippen LogP contribution in [-0.2, 0) is 43.3 Å². The van der Waals surface area contributed by atoms with E-state index in [-0.39, 0.29) is 24.0 Å². The molecule has 0 saturated heterocycles. The van der Waals surface area contributed by atoms with Crippen molar-refractivity contribution in [1.29, 1.82) is 0 Å². The number of ether oxygens (including phenoxy) is 4. The van der Waals surface area contributed by atoms with Gasteiger partial charge in [0, 0.05) is 11.3 Å². The highest BCUT2D eigenvalue weighted by atomic mass is 28.4. The second kappa shape index (κ2) is 16.1. The van der Waals surface area contributed by atoms with Gasteiger partial charge >= 0.3 is 0 Å². The summed E-state index contributed by atoms with van der Waals surface area (Å²) in [6.07, 6.45) is -2.93. The van der Waals surface area contributed by atoms with E-state index in [2.05, 4.69) is 54.3 Å². The first-order chi connectivity index (χ1) is 24.5. The van der Waals surface area contributed by atoms with Crippen LogP contribution in [0.2, 0.25) is 18.1 Å². The maximum Gasteiger partial charge on any atom is 0.192 e. The first kappa shape index (κ1) is 40.1. The molecule has 2 aliphatic carbocycles. The maximum absolute atomic E-state index is 15.5. The minimum Gasteiger partial charge on any atom is -0.497 e. The van der Waals surface area contributed by atoms with Gasteiger partial charge in [-0.15, -0.1) is 0 Å². The number of ketones is 1. The Morgan fingerprint density at radius 2 is 1.31 bits per heavy atom. The molecule has 3 aromatic rings. The van der Waals surface area contributed by atoms with Gasteiger partial charge in [0.1, 0.15) is 11.9 Å². The summed E-state index contributed by atoms with van der Waals surface area (Å²) < 4.78 is 33.8. The SMILES string of the molecule is C=C1CC[C@@H](O)[C@@]2(C)C(=O)[C@H](OCc3ccccc3)[C@H](O[Si](C)(C)C(C)(C)C)C(C)(C)[C@@H](OCc3ccc(OC)cc3)[C@@H](OCc3ccccc3)[C@H]12. The molecule has 0 amide bonds. The van der Waals surface area contributed by atoms with Gasteiger partial charge in [-0.25, -0.2) is 0 Å². The average molecular weight is 729 g/mol. The summed E-state index contributed by atoms with van der Waals surface area (Å²) in [5.41, 5.74) is 1.69. The van der Waals surface area contributed by atoms with Crippen molar-refractivity contribution in [1.82, 2.24) is 0 Å². The van der Waals surface area contributed by atoms with Crippen LogP contribution in [0.4, 0.5) is 0 Å². The van der Waals surface area contributed by atoms with Gasteiger partial charge in [-0.05, 0) is 66.7 Å². The standard InChI is InChI=1S/C44H60O7Si/c1-30-21-26-35(45)44(7)36(30)37(48-27-31-17-13-11-14-18-31)40(50-29-33-22-24-34(47-8)25-23-33)43(5,6)41(51-52(9,10)42(2,3)4)38(39(44)46)49-28-32-19-15-12-16-20-32/h11-20,22-25,35-38,40-41,45H,1,21,26-29H2,2-10H3/t35-,36+,37+,38+,40+,41+,44-/m1/s1. The first-order valence-electron chi connectivity index (χ1n) is 18.6. The number of carbonyl (C=O) groups excluding carboxylic acids is 1. The molecule has 0 unspecified atom stereocenters. The minimum absolute atomic E-state index is 0.161. The normalized spacial score (nSPS) is 28.1. The Kier molecular flexibility index (Phi) is 12.4. The van der Waals surface area contributed by atoms with Crippen LogP contribution in [-0.4, -0.2) is 56.8 Å². The summed E-state index contributed by atoms with van der Waals surface area (Å²) in [7, 11) is -0.888. The van der Waals surface area contributed by atoms with Crippen molar-refractivity contribution in [2.75, 3.05) is 7.11 Å². The van der Waals surface area contributed by atoms with Crippen LogP contribution < -0.4 is 4.74 Å². The van der Waals surface area contributed by atoms with E-state index in [4.69, 9.17) is 23.4 Å². The average Bonchev–Trinajstić information content (AvgIpc) is 3.11. The summed E-state index contributed by atoms with van der Waals surface area (Å²) in [5, 5.41) is 11.9. The van der Waals surface area contributed by atoms with Crippen LogP contribution in [0.1, 0.15) is 71.1 Å². The molecule has 282 valence electrons. The monoisotopic (exact) mass is 728 g/mol. The number of aliphatic hydroxyl groups is 1. The number of aliphatic hydroxyl groups excluding tert-OH is 1. The Bertz CT molecular complexity index is 1630. The minimum atomic E-state index is -2.54. The van der Waals surface area contributed by atoms with Crippen LogP contribution in [0.3, 0.4) is 0 Å². The van der Waals surface area contributed by atoms with Gasteiger partial charge in [-0.3, -0.25) is 4.79 Å². The molecule has 0 aliphatic heterocycles. The van der Waals surface area contributed by atoms with Gasteiger partial charge in [0.15, 0.2) is 14.1 Å². The number of hydrogen-bond acceptors (Lipinski definition) is 7. The smallest absolute Gasteiger partial charge is 0.192 e. The molecule has 0 bridgehead atoms. The lowest BCUT2D eigenvalue weighted by Crippen LogP contribution is -2.69. The zero-order valence-corrected chi connectivity index (χ0v) is 33.7. The molecule has 7 nitrogen and oxygen atoms in total. The van der Waals surface area contributed by atoms with E-state index in [9.17, 15) is 5.11 Å². The number of benzene rings is 3. The molecule has 0 radical (unpaired) electrons. The van der Waals surface area contributed by atoms with Crippen LogP contribution >= 0.6 is 0 Å². The Morgan fingerprint density at radius 1 is 0.788 bits per heavy atom. The second-order valence-electron chi connectivity index (χ2n) is 17.0. The van der Waals surface area contributed by atoms with Crippen LogP contribution in [0, 0.1) is 16.7 Å². The third-order valence-electron chi connectivity index (χ3n) is 12.0. The molecule has 8 heteroatoms. The summed E-state index contributed by atoms with van der Waals surface area (Å²) in [4.78, 5) is 15.5. The van der Waals surface area contributed by atoms with Crippen molar-refractivity contribution in [3.05, 3.63) is 114 Å². The van der Waals surface area contributed by atoms with Gasteiger partial charge in [-0.2, -0.15) is 0 Å². The predicted molar refractivity (Wildman–Crippen MR) is 208 cm³/mol. The molecule has 2 aliphatic rings. The predicted octanol–water partition coefficient (Wildman–Crippen LogP) is 9.08. The summed E-state index contributed by atoms with van der Waals surface area (Å²) in [6, 6.07) is 27.8. The number of Topliss-reactive ketones (excluding diaryl/α,β-unsaturated/α-hetero) is 1. The summed E-state index contributed by atoms with van der Waals surface area (Å²) in [6.45, 7) is 22.5. The fourth-order valence-corrected chi connectivity index (χ4v) is 9.11. The third kappa shape index (κ3) is 8.33. The van der Waals surface area contributed by atoms with Crippen molar-refractivity contribution in [2.24, 2.45) is 16.7 Å². The van der Waals surface area contributed by atoms with Crippen molar-refractivity contribution in [3.63, 3.8) is 0 Å². The fourth-order valence-electron chi connectivity index (χ4n) is 7.69. The lowest BCUT2D eigenvalue weighted by molar-refractivity contribution is -0.226. The molecular weight excluding hydrogens is 669 g/mol. The van der Waals surface area contributed by atoms with Crippen LogP contribution in [0.25, 0.3) is 0 Å². The first-order valence-corrected chi connectivity index (χ1v) is 21.5. The zero-order valence-electron chi connectivity index (χ0n) is 32.7. The zero-order chi connectivity index (χ0) is 37.9. The maximum atomic E-state index is 15.5. The lowest BCUT2D eigenvalue weighted by atomic mass is 9.54. The Hall–Kier alpha value is -3.11. The fraction of sp³-hybridized carbons (Fsp3) is 0.523. The molecule has 3 aromatic carbocycles. The molecule has 0 heterocycles. The Morgan fingerprint density at radius 3 is 1.85 bits per heavy atom. The van der Waals surface area contributed by atoms with Crippen molar-refractivity contribution in [3.8, 4) is 5.75 Å². The highest BCUT2D eigenvalue weighted by Crippen LogP contribution is 2.55. The van der Waals surface area contributed by atoms with Crippen molar-refractivity contribution >= 4 is 14.1 Å². The highest BCUT2D eigenvalue weighted by Gasteiger charge is 2.64. The Labute approximate surface area is 312 Å². The molecule has 0 aromatic heterocycles. The van der Waals surface area contributed by atoms with E-state index in [1.165, 1.54) is 0 Å². The molecule has 0 spiro atoms. The molecule has 52 heavy (non-hydrogen) atoms. The largest absolute Gasteiger partial charge is 0.497 e. The van der Waals surface area contributed by atoms with Gasteiger partial charge < -0.3 is 28.5 Å². The van der Waals surface area contributed by atoms with Gasteiger partial charge in [0.2, 0.25) is 0 Å². The number of hydrogen-bond donors (Lipinski definition) is 1. The number of carbonyl (C=O) groups is 1. The number of rotatable bonds is 12. The van der Waals surface area contributed by atoms with E-state index in [0.29, 0.717) is 19.4 Å². The molecule has 2 saturated carbocycles. The molecule has 5 rings (SSSR count). The van der Waals surface area contributed by atoms with E-state index in [1.54, 1.807) is 7.11 Å². The third-order valence-corrected chi connectivity index (χ3v) is 16.5. The topological polar surface area (TPSA) is 83.5 Å². The molecule has 7 atom stereocenters. The number of fused-ring (bicyclic) bond motifs is 1. The highest BCUT2D eigenvalue weighted by molar-refractivity contribution is 6.74. The molecule has 1 N–H and O–H groups in total. The van der Waals surface area contributed by atoms with Crippen LogP contribution in [0.5, 0.6) is 5.75 Å². The number of methoxy groups -OCH3 is 1. The lowest BCUT2D eigenvalue weighted by Gasteiger charge is -2.58. The van der Waals surface area contributed by atoms with E-state index >= 15 is 4.79 Å².